The molecule has 0 heterocycles. The Kier molecular flexibility index (Phi) is 5.23. The Morgan fingerprint density at radius 1 is 1.20 bits per heavy atom. The molecule has 9 heteroatoms. The molecule has 0 fully saturated rings. The topological polar surface area (TPSA) is 55.2 Å². The van der Waals surface area contributed by atoms with Gasteiger partial charge >= 0.3 is 6.18 Å². The first kappa shape index (κ1) is 16.1. The molecule has 0 saturated heterocycles. The maximum Gasteiger partial charge on any atom is 0.389 e. The lowest BCUT2D eigenvalue weighted by Gasteiger charge is -2.09. The molecule has 1 aromatic rings. The predicted octanol–water partition coefficient (Wildman–Crippen LogP) is 4.02. The maximum atomic E-state index is 13.4. The molecule has 20 heavy (non-hydrogen) atoms. The summed E-state index contributed by atoms with van der Waals surface area (Å²) in [5.41, 5.74) is -1.32. The molecule has 0 bridgehead atoms. The van der Waals surface area contributed by atoms with E-state index in [4.69, 9.17) is 0 Å². The molecule has 0 aliphatic carbocycles. The van der Waals surface area contributed by atoms with Gasteiger partial charge in [0.15, 0.2) is 17.3 Å². The fraction of sp³-hybridized carbons (Fsp3) is 0.455. The van der Waals surface area contributed by atoms with E-state index in [1.807, 2.05) is 0 Å². The fourth-order valence-corrected chi connectivity index (χ4v) is 1.52. The summed E-state index contributed by atoms with van der Waals surface area (Å²) in [5, 5.41) is 12.9. The molecule has 1 aromatic carbocycles. The number of nitro benzene ring substituents is 1. The van der Waals surface area contributed by atoms with Crippen molar-refractivity contribution < 1.29 is 26.9 Å². The maximum absolute atomic E-state index is 13.4. The Bertz CT molecular complexity index is 490. The van der Waals surface area contributed by atoms with Gasteiger partial charge in [-0.05, 0) is 18.9 Å². The first-order chi connectivity index (χ1) is 9.22. The van der Waals surface area contributed by atoms with Crippen LogP contribution in [0.15, 0.2) is 12.1 Å². The number of hydrogen-bond acceptors (Lipinski definition) is 3. The molecule has 0 amide bonds. The molecule has 0 aliphatic rings. The molecule has 4 nitrogen and oxygen atoms in total. The minimum atomic E-state index is -4.28. The normalized spacial score (nSPS) is 11.4. The van der Waals surface area contributed by atoms with Gasteiger partial charge in [0.1, 0.15) is 0 Å². The van der Waals surface area contributed by atoms with Crippen molar-refractivity contribution in [3.05, 3.63) is 33.9 Å². The van der Waals surface area contributed by atoms with Crippen LogP contribution < -0.4 is 5.32 Å². The fourth-order valence-electron chi connectivity index (χ4n) is 1.52. The Morgan fingerprint density at radius 2 is 1.85 bits per heavy atom. The van der Waals surface area contributed by atoms with Crippen molar-refractivity contribution >= 4 is 11.4 Å². The summed E-state index contributed by atoms with van der Waals surface area (Å²) in [6.45, 7) is -0.128. The number of halogens is 5. The Morgan fingerprint density at radius 3 is 2.40 bits per heavy atom. The van der Waals surface area contributed by atoms with E-state index in [9.17, 15) is 32.1 Å². The lowest BCUT2D eigenvalue weighted by Crippen LogP contribution is -2.10. The van der Waals surface area contributed by atoms with Crippen LogP contribution in [-0.2, 0) is 0 Å². The van der Waals surface area contributed by atoms with Crippen LogP contribution in [0.2, 0.25) is 0 Å². The smallest absolute Gasteiger partial charge is 0.377 e. The van der Waals surface area contributed by atoms with Gasteiger partial charge in [-0.2, -0.15) is 13.2 Å². The Balaban J connectivity index is 2.63. The van der Waals surface area contributed by atoms with E-state index in [2.05, 4.69) is 5.32 Å². The molecule has 0 radical (unpaired) electrons. The second kappa shape index (κ2) is 6.49. The van der Waals surface area contributed by atoms with E-state index in [0.29, 0.717) is 6.07 Å². The number of rotatable bonds is 6. The summed E-state index contributed by atoms with van der Waals surface area (Å²) in [6, 6.07) is 1.40. The minimum absolute atomic E-state index is 0.0205. The van der Waals surface area contributed by atoms with Crippen LogP contribution in [0.5, 0.6) is 0 Å². The second-order valence-corrected chi connectivity index (χ2v) is 4.01. The zero-order valence-electron chi connectivity index (χ0n) is 10.1. The highest BCUT2D eigenvalue weighted by atomic mass is 19.4. The standard InChI is InChI=1S/C11H11F5N2O2/c12-7-3-4-8(18(19)20)10(9(7)13)17-6-2-1-5-11(14,15)16/h3-4,17H,1-2,5-6H2. The van der Waals surface area contributed by atoms with Crippen molar-refractivity contribution in [3.8, 4) is 0 Å². The number of unbranched alkanes of at least 4 members (excludes halogenated alkanes) is 1. The van der Waals surface area contributed by atoms with Crippen LogP contribution >= 0.6 is 0 Å². The van der Waals surface area contributed by atoms with Crippen LogP contribution in [0.3, 0.4) is 0 Å². The van der Waals surface area contributed by atoms with Gasteiger partial charge in [-0.15, -0.1) is 0 Å². The van der Waals surface area contributed by atoms with Crippen molar-refractivity contribution in [3.63, 3.8) is 0 Å². The van der Waals surface area contributed by atoms with Gasteiger partial charge in [-0.25, -0.2) is 8.78 Å². The number of nitro groups is 1. The molecule has 0 saturated carbocycles. The van der Waals surface area contributed by atoms with Gasteiger partial charge in [0.2, 0.25) is 0 Å². The van der Waals surface area contributed by atoms with E-state index in [-0.39, 0.29) is 19.4 Å². The van der Waals surface area contributed by atoms with Crippen molar-refractivity contribution in [2.75, 3.05) is 11.9 Å². The number of nitrogens with one attached hydrogen (secondary N) is 1. The van der Waals surface area contributed by atoms with Crippen LogP contribution in [0, 0.1) is 21.7 Å². The van der Waals surface area contributed by atoms with E-state index in [1.165, 1.54) is 0 Å². The van der Waals surface area contributed by atoms with Crippen molar-refractivity contribution in [2.45, 2.75) is 25.4 Å². The first-order valence-electron chi connectivity index (χ1n) is 5.65. The third-order valence-corrected chi connectivity index (χ3v) is 2.46. The zero-order valence-corrected chi connectivity index (χ0v) is 10.1. The molecular weight excluding hydrogens is 287 g/mol. The molecule has 0 aromatic heterocycles. The van der Waals surface area contributed by atoms with E-state index >= 15 is 0 Å². The molecule has 112 valence electrons. The van der Waals surface area contributed by atoms with Crippen LogP contribution in [0.4, 0.5) is 33.3 Å². The van der Waals surface area contributed by atoms with Crippen molar-refractivity contribution in [2.24, 2.45) is 0 Å². The van der Waals surface area contributed by atoms with Crippen LogP contribution in [0.1, 0.15) is 19.3 Å². The highest BCUT2D eigenvalue weighted by Gasteiger charge is 2.26. The van der Waals surface area contributed by atoms with Crippen LogP contribution in [0.25, 0.3) is 0 Å². The molecule has 1 rings (SSSR count). The SMILES string of the molecule is O=[N+]([O-])c1ccc(F)c(F)c1NCCCCC(F)(F)F. The number of benzene rings is 1. The number of hydrogen-bond donors (Lipinski definition) is 1. The Labute approximate surface area is 110 Å². The van der Waals surface area contributed by atoms with Gasteiger partial charge in [0.05, 0.1) is 4.92 Å². The first-order valence-corrected chi connectivity index (χ1v) is 5.65. The lowest BCUT2D eigenvalue weighted by atomic mass is 10.2. The number of nitrogens with zero attached hydrogens (tertiary/aromatic N) is 1. The summed E-state index contributed by atoms with van der Waals surface area (Å²) in [4.78, 5) is 9.73. The van der Waals surface area contributed by atoms with Gasteiger partial charge in [0.25, 0.3) is 5.69 Å². The molecule has 0 unspecified atom stereocenters. The molecular formula is C11H11F5N2O2. The highest BCUT2D eigenvalue weighted by molar-refractivity contribution is 5.62. The lowest BCUT2D eigenvalue weighted by molar-refractivity contribution is -0.384. The third kappa shape index (κ3) is 4.63. The quantitative estimate of drug-likeness (QED) is 0.373. The molecule has 0 atom stereocenters. The summed E-state index contributed by atoms with van der Waals surface area (Å²) in [6.07, 6.45) is -5.47. The second-order valence-electron chi connectivity index (χ2n) is 4.01. The Hall–Kier alpha value is -1.93. The average molecular weight is 298 g/mol. The van der Waals surface area contributed by atoms with Gasteiger partial charge < -0.3 is 5.32 Å². The number of anilines is 1. The van der Waals surface area contributed by atoms with E-state index < -0.39 is 40.5 Å². The molecule has 0 spiro atoms. The summed E-state index contributed by atoms with van der Waals surface area (Å²) < 4.78 is 62.0. The van der Waals surface area contributed by atoms with E-state index in [0.717, 1.165) is 6.07 Å². The predicted molar refractivity (Wildman–Crippen MR) is 61.4 cm³/mol. The van der Waals surface area contributed by atoms with E-state index in [1.54, 1.807) is 0 Å². The monoisotopic (exact) mass is 298 g/mol. The highest BCUT2D eigenvalue weighted by Crippen LogP contribution is 2.29. The van der Waals surface area contributed by atoms with Gasteiger partial charge in [-0.3, -0.25) is 10.1 Å². The number of alkyl halides is 3. The summed E-state index contributed by atoms with van der Waals surface area (Å²) in [5.74, 6) is -2.69. The average Bonchev–Trinajstić information content (AvgIpc) is 2.32. The van der Waals surface area contributed by atoms with Gasteiger partial charge in [0, 0.05) is 19.0 Å². The zero-order chi connectivity index (χ0) is 15.3. The molecule has 0 aliphatic heterocycles. The minimum Gasteiger partial charge on any atom is -0.377 e. The summed E-state index contributed by atoms with van der Waals surface area (Å²) in [7, 11) is 0. The van der Waals surface area contributed by atoms with Crippen molar-refractivity contribution in [1.82, 2.24) is 0 Å². The van der Waals surface area contributed by atoms with Crippen LogP contribution in [-0.4, -0.2) is 17.6 Å². The largest absolute Gasteiger partial charge is 0.389 e. The summed E-state index contributed by atoms with van der Waals surface area (Å²) >= 11 is 0. The van der Waals surface area contributed by atoms with Gasteiger partial charge in [-0.1, -0.05) is 0 Å². The molecule has 1 N–H and O–H groups in total. The van der Waals surface area contributed by atoms with Crippen molar-refractivity contribution in [1.29, 1.82) is 0 Å². The third-order valence-electron chi connectivity index (χ3n) is 2.46.